The van der Waals surface area contributed by atoms with Crippen molar-refractivity contribution in [2.24, 2.45) is 10.7 Å². The molecule has 0 bridgehead atoms. The van der Waals surface area contributed by atoms with E-state index < -0.39 is 0 Å². The Hall–Kier alpha value is -1.32. The van der Waals surface area contributed by atoms with Crippen LogP contribution in [-0.2, 0) is 0 Å². The summed E-state index contributed by atoms with van der Waals surface area (Å²) in [4.78, 5) is 10.6. The summed E-state index contributed by atoms with van der Waals surface area (Å²) in [5, 5.41) is 0. The first-order chi connectivity index (χ1) is 9.16. The van der Waals surface area contributed by atoms with Gasteiger partial charge in [0.25, 0.3) is 0 Å². The third-order valence-electron chi connectivity index (χ3n) is 1.22. The maximum absolute atomic E-state index is 5.23. The zero-order valence-electron chi connectivity index (χ0n) is 14.5. The third-order valence-corrected chi connectivity index (χ3v) is 1.22. The minimum Gasteiger partial charge on any atom is -0.388 e. The first-order valence-electron chi connectivity index (χ1n) is 7.38. The number of aromatic amines is 1. The molecule has 0 aliphatic rings. The van der Waals surface area contributed by atoms with Crippen LogP contribution in [0.3, 0.4) is 0 Å². The van der Waals surface area contributed by atoms with Crippen LogP contribution < -0.4 is 5.73 Å². The van der Waals surface area contributed by atoms with Crippen molar-refractivity contribution in [1.29, 1.82) is 0 Å². The molecule has 0 spiro atoms. The van der Waals surface area contributed by atoms with E-state index in [4.69, 9.17) is 5.73 Å². The van der Waals surface area contributed by atoms with E-state index in [0.29, 0.717) is 5.84 Å². The number of aliphatic imine (C=N–C) groups is 1. The minimum atomic E-state index is 0. The second-order valence-corrected chi connectivity index (χ2v) is 2.76. The largest absolute Gasteiger partial charge is 0.388 e. The van der Waals surface area contributed by atoms with Crippen molar-refractivity contribution in [3.8, 4) is 0 Å². The maximum atomic E-state index is 5.23. The highest BCUT2D eigenvalue weighted by atomic mass is 14.8. The number of hydrogen-bond acceptors (Lipinski definition) is 2. The van der Waals surface area contributed by atoms with E-state index in [-0.39, 0.29) is 7.43 Å². The SMILES string of the molecule is C.CC.CC.CC.CCCN=C(C)N.Cc1cnc[nH]1. The highest BCUT2D eigenvalue weighted by Gasteiger charge is 1.74. The molecule has 0 atom stereocenters. The van der Waals surface area contributed by atoms with Crippen LogP contribution >= 0.6 is 0 Å². The molecule has 0 aliphatic heterocycles. The molecule has 0 aromatic carbocycles. The van der Waals surface area contributed by atoms with Crippen LogP contribution in [0, 0.1) is 6.92 Å². The van der Waals surface area contributed by atoms with Gasteiger partial charge in [0, 0.05) is 18.4 Å². The molecule has 0 radical (unpaired) electrons. The lowest BCUT2D eigenvalue weighted by molar-refractivity contribution is 0.929. The number of rotatable bonds is 2. The van der Waals surface area contributed by atoms with Crippen molar-refractivity contribution in [2.45, 2.75) is 76.2 Å². The van der Waals surface area contributed by atoms with E-state index in [1.54, 1.807) is 19.4 Å². The van der Waals surface area contributed by atoms with Gasteiger partial charge < -0.3 is 10.7 Å². The van der Waals surface area contributed by atoms with Crippen LogP contribution in [0.15, 0.2) is 17.5 Å². The number of nitrogens with zero attached hydrogens (tertiary/aromatic N) is 2. The molecule has 4 nitrogen and oxygen atoms in total. The molecule has 0 fully saturated rings. The van der Waals surface area contributed by atoms with Gasteiger partial charge in [0.05, 0.1) is 12.2 Å². The number of aryl methyl sites for hydroxylation is 1. The summed E-state index contributed by atoms with van der Waals surface area (Å²) < 4.78 is 0. The fourth-order valence-corrected chi connectivity index (χ4v) is 0.614. The van der Waals surface area contributed by atoms with E-state index in [0.717, 1.165) is 18.7 Å². The molecule has 4 heteroatoms. The van der Waals surface area contributed by atoms with Crippen molar-refractivity contribution in [3.63, 3.8) is 0 Å². The average molecular weight is 289 g/mol. The predicted molar refractivity (Wildman–Crippen MR) is 96.6 cm³/mol. The normalized spacial score (nSPS) is 7.75. The summed E-state index contributed by atoms with van der Waals surface area (Å²) in [6.07, 6.45) is 4.52. The van der Waals surface area contributed by atoms with Gasteiger partial charge >= 0.3 is 0 Å². The average Bonchev–Trinajstić information content (AvgIpc) is 2.95. The smallest absolute Gasteiger partial charge is 0.0921 e. The van der Waals surface area contributed by atoms with Crippen LogP contribution in [0.4, 0.5) is 0 Å². The Bertz CT molecular complexity index is 225. The molecule has 1 heterocycles. The van der Waals surface area contributed by atoms with Crippen LogP contribution in [0.5, 0.6) is 0 Å². The molecular formula is C16H40N4. The standard InChI is InChI=1S/C5H12N2.C4H6N2.3C2H6.CH4/c1-3-4-7-5(2)6;1-4-2-5-3-6-4;3*1-2;/h3-4H2,1-2H3,(H2,6,7);2-3H,1H3,(H,5,6);3*1-2H3;1H4. The quantitative estimate of drug-likeness (QED) is 0.579. The number of hydrogen-bond donors (Lipinski definition) is 2. The van der Waals surface area contributed by atoms with Crippen LogP contribution in [0.1, 0.15) is 74.9 Å². The minimum absolute atomic E-state index is 0. The van der Waals surface area contributed by atoms with Gasteiger partial charge in [-0.05, 0) is 20.3 Å². The van der Waals surface area contributed by atoms with Crippen molar-refractivity contribution in [1.82, 2.24) is 9.97 Å². The molecule has 124 valence electrons. The van der Waals surface area contributed by atoms with Gasteiger partial charge in [-0.25, -0.2) is 4.98 Å². The first kappa shape index (κ1) is 31.2. The molecule has 0 amide bonds. The molecule has 20 heavy (non-hydrogen) atoms. The van der Waals surface area contributed by atoms with E-state index in [2.05, 4.69) is 21.9 Å². The summed E-state index contributed by atoms with van der Waals surface area (Å²) in [7, 11) is 0. The molecule has 0 saturated heterocycles. The molecule has 1 rings (SSSR count). The van der Waals surface area contributed by atoms with Crippen LogP contribution in [-0.4, -0.2) is 22.3 Å². The first-order valence-corrected chi connectivity index (χ1v) is 7.38. The van der Waals surface area contributed by atoms with Crippen LogP contribution in [0.2, 0.25) is 0 Å². The van der Waals surface area contributed by atoms with Gasteiger partial charge in [-0.15, -0.1) is 0 Å². The number of imidazole rings is 1. The lowest BCUT2D eigenvalue weighted by Crippen LogP contribution is -2.05. The summed E-state index contributed by atoms with van der Waals surface area (Å²) in [5.74, 6) is 0.682. The lowest BCUT2D eigenvalue weighted by Gasteiger charge is -1.86. The van der Waals surface area contributed by atoms with E-state index in [1.165, 1.54) is 0 Å². The van der Waals surface area contributed by atoms with Gasteiger partial charge in [0.2, 0.25) is 0 Å². The highest BCUT2D eigenvalue weighted by molar-refractivity contribution is 5.77. The summed E-state index contributed by atoms with van der Waals surface area (Å²) in [6, 6.07) is 0. The molecule has 1 aromatic heterocycles. The second kappa shape index (κ2) is 36.1. The van der Waals surface area contributed by atoms with Gasteiger partial charge in [0.1, 0.15) is 0 Å². The third kappa shape index (κ3) is 43.8. The van der Waals surface area contributed by atoms with Crippen molar-refractivity contribution in [3.05, 3.63) is 18.2 Å². The topological polar surface area (TPSA) is 67.1 Å². The fraction of sp³-hybridized carbons (Fsp3) is 0.750. The zero-order valence-corrected chi connectivity index (χ0v) is 14.5. The number of nitrogens with one attached hydrogen (secondary N) is 1. The molecule has 1 aromatic rings. The van der Waals surface area contributed by atoms with Crippen molar-refractivity contribution in [2.75, 3.05) is 6.54 Å². The molecule has 3 N–H and O–H groups in total. The number of amidine groups is 1. The van der Waals surface area contributed by atoms with Gasteiger partial charge in [-0.1, -0.05) is 55.9 Å². The molecular weight excluding hydrogens is 248 g/mol. The van der Waals surface area contributed by atoms with Crippen molar-refractivity contribution >= 4 is 5.84 Å². The van der Waals surface area contributed by atoms with E-state index in [1.807, 2.05) is 48.5 Å². The Morgan fingerprint density at radius 3 is 1.75 bits per heavy atom. The fourth-order valence-electron chi connectivity index (χ4n) is 0.614. The second-order valence-electron chi connectivity index (χ2n) is 2.76. The van der Waals surface area contributed by atoms with E-state index in [9.17, 15) is 0 Å². The lowest BCUT2D eigenvalue weighted by atomic mass is 10.5. The predicted octanol–water partition coefficient (Wildman–Crippen LogP) is 5.21. The van der Waals surface area contributed by atoms with Crippen molar-refractivity contribution < 1.29 is 0 Å². The van der Waals surface area contributed by atoms with Gasteiger partial charge in [-0.2, -0.15) is 0 Å². The Balaban J connectivity index is -0.0000000528. The Morgan fingerprint density at radius 2 is 1.65 bits per heavy atom. The summed E-state index contributed by atoms with van der Waals surface area (Å²) in [6.45, 7) is 18.7. The summed E-state index contributed by atoms with van der Waals surface area (Å²) in [5.41, 5.74) is 6.33. The van der Waals surface area contributed by atoms with E-state index >= 15 is 0 Å². The van der Waals surface area contributed by atoms with Gasteiger partial charge in [-0.3, -0.25) is 4.99 Å². The Kier molecular flexibility index (Phi) is 56.3. The maximum Gasteiger partial charge on any atom is 0.0921 e. The molecule has 0 saturated carbocycles. The van der Waals surface area contributed by atoms with Crippen LogP contribution in [0.25, 0.3) is 0 Å². The zero-order chi connectivity index (χ0) is 16.1. The summed E-state index contributed by atoms with van der Waals surface area (Å²) >= 11 is 0. The number of nitrogens with two attached hydrogens (primary N) is 1. The van der Waals surface area contributed by atoms with Gasteiger partial charge in [0.15, 0.2) is 0 Å². The molecule has 0 aliphatic carbocycles. The highest BCUT2D eigenvalue weighted by Crippen LogP contribution is 1.81. The monoisotopic (exact) mass is 288 g/mol. The number of aromatic nitrogens is 2. The molecule has 0 unspecified atom stereocenters. The number of H-pyrrole nitrogens is 1. The Morgan fingerprint density at radius 1 is 1.20 bits per heavy atom. The Labute approximate surface area is 128 Å².